The van der Waals surface area contributed by atoms with E-state index in [-0.39, 0.29) is 42.5 Å². The summed E-state index contributed by atoms with van der Waals surface area (Å²) in [7, 11) is -1.83. The Morgan fingerprint density at radius 3 is 2.64 bits per heavy atom. The maximum absolute atomic E-state index is 12.4. The van der Waals surface area contributed by atoms with E-state index in [9.17, 15) is 13.2 Å². The monoisotopic (exact) mass is 543 g/mol. The van der Waals surface area contributed by atoms with E-state index in [2.05, 4.69) is 20.3 Å². The summed E-state index contributed by atoms with van der Waals surface area (Å²) in [5.41, 5.74) is 0. The Morgan fingerprint density at radius 1 is 1.36 bits per heavy atom. The number of carbonyl (C=O) groups is 1. The minimum atomic E-state index is -3.50. The highest BCUT2D eigenvalue weighted by molar-refractivity contribution is 14.0. The number of nitrogens with one attached hydrogen (secondary N) is 3. The third-order valence-corrected chi connectivity index (χ3v) is 7.08. The van der Waals surface area contributed by atoms with Crippen molar-refractivity contribution in [1.29, 1.82) is 0 Å². The number of aryl methyl sites for hydroxylation is 2. The Labute approximate surface area is 188 Å². The van der Waals surface area contributed by atoms with E-state index in [4.69, 9.17) is 0 Å². The molecule has 1 saturated heterocycles. The van der Waals surface area contributed by atoms with Crippen molar-refractivity contribution < 1.29 is 13.2 Å². The molecule has 0 aliphatic carbocycles. The molecule has 2 heterocycles. The molecule has 0 radical (unpaired) electrons. The second kappa shape index (κ2) is 11.3. The van der Waals surface area contributed by atoms with Crippen LogP contribution in [0.15, 0.2) is 16.0 Å². The maximum Gasteiger partial charge on any atom is 0.241 e. The Balaban J connectivity index is 0.00000392. The molecule has 1 aliphatic rings. The average Bonchev–Trinajstić information content (AvgIpc) is 3.23. The number of nitrogens with zero attached hydrogens (tertiary/aromatic N) is 2. The van der Waals surface area contributed by atoms with Gasteiger partial charge in [0, 0.05) is 55.4 Å². The SMILES string of the molecule is CCC(=O)N1CCC(NC(=NC)NCCNS(=O)(=O)c2cc(C)sc2C)C1.I. The van der Waals surface area contributed by atoms with Crippen molar-refractivity contribution in [3.8, 4) is 0 Å². The predicted octanol–water partition coefficient (Wildman–Crippen LogP) is 1.44. The fourth-order valence-corrected chi connectivity index (χ4v) is 5.62. The van der Waals surface area contributed by atoms with Gasteiger partial charge in [-0.05, 0) is 26.3 Å². The molecule has 1 aromatic rings. The molecule has 3 N–H and O–H groups in total. The Kier molecular flexibility index (Phi) is 10.1. The van der Waals surface area contributed by atoms with Crippen LogP contribution in [-0.2, 0) is 14.8 Å². The number of carbonyl (C=O) groups excluding carboxylic acids is 1. The zero-order valence-corrected chi connectivity index (χ0v) is 20.7. The Bertz CT molecular complexity index is 795. The van der Waals surface area contributed by atoms with Crippen LogP contribution < -0.4 is 15.4 Å². The number of sulfonamides is 1. The zero-order valence-electron chi connectivity index (χ0n) is 16.7. The molecular formula is C17H30IN5O3S2. The molecule has 8 nitrogen and oxygen atoms in total. The molecule has 160 valence electrons. The van der Waals surface area contributed by atoms with Gasteiger partial charge < -0.3 is 15.5 Å². The first-order chi connectivity index (χ1) is 12.8. The highest BCUT2D eigenvalue weighted by atomic mass is 127. The first kappa shape index (κ1) is 25.1. The largest absolute Gasteiger partial charge is 0.355 e. The molecule has 1 unspecified atom stereocenters. The molecule has 0 bridgehead atoms. The van der Waals surface area contributed by atoms with Gasteiger partial charge in [0.25, 0.3) is 0 Å². The lowest BCUT2D eigenvalue weighted by Gasteiger charge is -2.18. The van der Waals surface area contributed by atoms with Crippen LogP contribution in [0.4, 0.5) is 0 Å². The van der Waals surface area contributed by atoms with Gasteiger partial charge in [-0.1, -0.05) is 6.92 Å². The number of hydrogen-bond acceptors (Lipinski definition) is 5. The summed E-state index contributed by atoms with van der Waals surface area (Å²) in [5, 5.41) is 6.40. The third-order valence-electron chi connectivity index (χ3n) is 4.40. The number of aliphatic imine (C=N–C) groups is 1. The lowest BCUT2D eigenvalue weighted by Crippen LogP contribution is -2.46. The van der Waals surface area contributed by atoms with Gasteiger partial charge in [-0.25, -0.2) is 13.1 Å². The average molecular weight is 543 g/mol. The number of amides is 1. The summed E-state index contributed by atoms with van der Waals surface area (Å²) in [6, 6.07) is 1.85. The lowest BCUT2D eigenvalue weighted by molar-refractivity contribution is -0.129. The fraction of sp³-hybridized carbons (Fsp3) is 0.647. The molecule has 1 aromatic heterocycles. The first-order valence-corrected chi connectivity index (χ1v) is 11.4. The highest BCUT2D eigenvalue weighted by Crippen LogP contribution is 2.24. The standard InChI is InChI=1S/C17H29N5O3S2.HI/c1-5-16(23)22-9-6-14(11-22)21-17(18-4)19-7-8-20-27(24,25)15-10-12(2)26-13(15)3;/h10,14,20H,5-9,11H2,1-4H3,(H2,18,19,21);1H. The minimum Gasteiger partial charge on any atom is -0.355 e. The van der Waals surface area contributed by atoms with Gasteiger partial charge in [0.2, 0.25) is 15.9 Å². The normalized spacial score (nSPS) is 17.4. The van der Waals surface area contributed by atoms with E-state index >= 15 is 0 Å². The quantitative estimate of drug-likeness (QED) is 0.209. The number of hydrogen-bond donors (Lipinski definition) is 3. The molecule has 11 heteroatoms. The van der Waals surface area contributed by atoms with Crippen LogP contribution in [0.5, 0.6) is 0 Å². The third kappa shape index (κ3) is 6.85. The summed E-state index contributed by atoms with van der Waals surface area (Å²) < 4.78 is 27.4. The van der Waals surface area contributed by atoms with Gasteiger partial charge >= 0.3 is 0 Å². The molecule has 2 rings (SSSR count). The van der Waals surface area contributed by atoms with Crippen molar-refractivity contribution in [2.45, 2.75) is 44.6 Å². The topological polar surface area (TPSA) is 103 Å². The van der Waals surface area contributed by atoms with E-state index < -0.39 is 10.0 Å². The molecule has 1 fully saturated rings. The van der Waals surface area contributed by atoms with Gasteiger partial charge in [0.15, 0.2) is 5.96 Å². The summed E-state index contributed by atoms with van der Waals surface area (Å²) >= 11 is 1.47. The van der Waals surface area contributed by atoms with Gasteiger partial charge in [0.05, 0.1) is 4.90 Å². The van der Waals surface area contributed by atoms with Gasteiger partial charge in [-0.3, -0.25) is 9.79 Å². The summed E-state index contributed by atoms with van der Waals surface area (Å²) in [6.45, 7) is 7.64. The van der Waals surface area contributed by atoms with Crippen molar-refractivity contribution in [2.24, 2.45) is 4.99 Å². The van der Waals surface area contributed by atoms with Crippen LogP contribution in [-0.4, -0.2) is 64.5 Å². The van der Waals surface area contributed by atoms with Crippen LogP contribution in [0, 0.1) is 13.8 Å². The van der Waals surface area contributed by atoms with Crippen molar-refractivity contribution >= 4 is 57.2 Å². The number of rotatable bonds is 7. The van der Waals surface area contributed by atoms with E-state index in [0.29, 0.717) is 30.4 Å². The smallest absolute Gasteiger partial charge is 0.241 e. The number of halogens is 1. The van der Waals surface area contributed by atoms with Crippen molar-refractivity contribution in [1.82, 2.24) is 20.3 Å². The maximum atomic E-state index is 12.4. The van der Waals surface area contributed by atoms with E-state index in [1.807, 2.05) is 25.7 Å². The lowest BCUT2D eigenvalue weighted by atomic mass is 10.3. The molecule has 28 heavy (non-hydrogen) atoms. The van der Waals surface area contributed by atoms with Crippen molar-refractivity contribution in [2.75, 3.05) is 33.2 Å². The molecule has 1 aliphatic heterocycles. The zero-order chi connectivity index (χ0) is 20.0. The van der Waals surface area contributed by atoms with Crippen LogP contribution in [0.2, 0.25) is 0 Å². The Hall–Kier alpha value is -0.920. The van der Waals surface area contributed by atoms with Crippen LogP contribution in [0.25, 0.3) is 0 Å². The summed E-state index contributed by atoms with van der Waals surface area (Å²) in [6.07, 6.45) is 1.39. The van der Waals surface area contributed by atoms with Crippen molar-refractivity contribution in [3.05, 3.63) is 15.8 Å². The van der Waals surface area contributed by atoms with Crippen LogP contribution in [0.1, 0.15) is 29.5 Å². The summed E-state index contributed by atoms with van der Waals surface area (Å²) in [4.78, 5) is 19.9. The minimum absolute atomic E-state index is 0. The number of thiophene rings is 1. The predicted molar refractivity (Wildman–Crippen MR) is 124 cm³/mol. The second-order valence-corrected chi connectivity index (χ2v) is 9.69. The highest BCUT2D eigenvalue weighted by Gasteiger charge is 2.25. The Morgan fingerprint density at radius 2 is 2.07 bits per heavy atom. The van der Waals surface area contributed by atoms with Crippen molar-refractivity contribution in [3.63, 3.8) is 0 Å². The van der Waals surface area contributed by atoms with Crippen LogP contribution in [0.3, 0.4) is 0 Å². The fourth-order valence-electron chi connectivity index (χ4n) is 3.03. The van der Waals surface area contributed by atoms with E-state index in [1.54, 1.807) is 13.1 Å². The summed E-state index contributed by atoms with van der Waals surface area (Å²) in [5.74, 6) is 0.767. The first-order valence-electron chi connectivity index (χ1n) is 9.08. The van der Waals surface area contributed by atoms with Gasteiger partial charge in [0.1, 0.15) is 0 Å². The second-order valence-electron chi connectivity index (χ2n) is 6.50. The van der Waals surface area contributed by atoms with Gasteiger partial charge in [-0.2, -0.15) is 0 Å². The van der Waals surface area contributed by atoms with Gasteiger partial charge in [-0.15, -0.1) is 35.3 Å². The van der Waals surface area contributed by atoms with E-state index in [0.717, 1.165) is 22.7 Å². The van der Waals surface area contributed by atoms with E-state index in [1.165, 1.54) is 11.3 Å². The molecular weight excluding hydrogens is 513 g/mol. The van der Waals surface area contributed by atoms with Crippen LogP contribution >= 0.6 is 35.3 Å². The molecule has 1 amide bonds. The molecule has 1 atom stereocenters. The molecule has 0 aromatic carbocycles. The molecule has 0 saturated carbocycles. The number of guanidine groups is 1. The number of likely N-dealkylation sites (tertiary alicyclic amines) is 1. The molecule has 0 spiro atoms.